The van der Waals surface area contributed by atoms with Crippen LogP contribution in [0.1, 0.15) is 34.5 Å². The van der Waals surface area contributed by atoms with Gasteiger partial charge in [0.05, 0.1) is 4.88 Å². The Labute approximate surface area is 112 Å². The Balaban J connectivity index is 1.94. The number of amides is 1. The number of benzene rings is 1. The van der Waals surface area contributed by atoms with Gasteiger partial charge in [-0.15, -0.1) is 11.3 Å². The Morgan fingerprint density at radius 1 is 1.22 bits per heavy atom. The third-order valence-electron chi connectivity index (χ3n) is 3.02. The quantitative estimate of drug-likeness (QED) is 0.872. The molecule has 2 nitrogen and oxygen atoms in total. The van der Waals surface area contributed by atoms with Gasteiger partial charge in [0, 0.05) is 12.5 Å². The first-order valence-electron chi connectivity index (χ1n) is 6.18. The summed E-state index contributed by atoms with van der Waals surface area (Å²) in [7, 11) is 0. The highest BCUT2D eigenvalue weighted by Gasteiger charge is 2.12. The minimum absolute atomic E-state index is 0.0272. The molecular formula is C15H17NOS. The van der Waals surface area contributed by atoms with Gasteiger partial charge in [0.1, 0.15) is 0 Å². The van der Waals surface area contributed by atoms with Crippen LogP contribution in [0.2, 0.25) is 0 Å². The first-order valence-corrected chi connectivity index (χ1v) is 7.06. The minimum atomic E-state index is 0.0272. The fourth-order valence-electron chi connectivity index (χ4n) is 1.93. The molecule has 94 valence electrons. The van der Waals surface area contributed by atoms with Crippen molar-refractivity contribution in [3.8, 4) is 0 Å². The molecule has 0 aliphatic carbocycles. The van der Waals surface area contributed by atoms with Crippen LogP contribution in [0.5, 0.6) is 0 Å². The Morgan fingerprint density at radius 3 is 2.61 bits per heavy atom. The Hall–Kier alpha value is -1.61. The second-order valence-electron chi connectivity index (χ2n) is 4.20. The SMILES string of the molecule is CCC(CNC(=O)c1cccs1)c1ccccc1. The maximum atomic E-state index is 11.9. The summed E-state index contributed by atoms with van der Waals surface area (Å²) >= 11 is 1.47. The van der Waals surface area contributed by atoms with E-state index in [1.807, 2.05) is 35.7 Å². The van der Waals surface area contributed by atoms with E-state index in [0.717, 1.165) is 11.3 Å². The van der Waals surface area contributed by atoms with Gasteiger partial charge >= 0.3 is 0 Å². The summed E-state index contributed by atoms with van der Waals surface area (Å²) in [6.45, 7) is 2.84. The molecule has 1 unspecified atom stereocenters. The van der Waals surface area contributed by atoms with Crippen LogP contribution in [-0.2, 0) is 0 Å². The molecule has 0 aliphatic heterocycles. The van der Waals surface area contributed by atoms with Crippen LogP contribution in [0.15, 0.2) is 47.8 Å². The summed E-state index contributed by atoms with van der Waals surface area (Å²) in [5, 5.41) is 4.93. The van der Waals surface area contributed by atoms with Gasteiger partial charge in [-0.3, -0.25) is 4.79 Å². The average molecular weight is 259 g/mol. The number of nitrogens with one attached hydrogen (secondary N) is 1. The molecule has 0 radical (unpaired) electrons. The number of rotatable bonds is 5. The third-order valence-corrected chi connectivity index (χ3v) is 3.89. The van der Waals surface area contributed by atoms with Crippen LogP contribution < -0.4 is 5.32 Å². The molecule has 1 aromatic heterocycles. The third kappa shape index (κ3) is 3.20. The molecule has 1 amide bonds. The van der Waals surface area contributed by atoms with E-state index in [-0.39, 0.29) is 5.91 Å². The monoisotopic (exact) mass is 259 g/mol. The normalized spacial score (nSPS) is 12.1. The van der Waals surface area contributed by atoms with Gasteiger partial charge < -0.3 is 5.32 Å². The number of carbonyl (C=O) groups excluding carboxylic acids is 1. The summed E-state index contributed by atoms with van der Waals surface area (Å²) in [6.07, 6.45) is 1.02. The molecule has 1 atom stereocenters. The molecular weight excluding hydrogens is 242 g/mol. The molecule has 0 spiro atoms. The summed E-state index contributed by atoms with van der Waals surface area (Å²) < 4.78 is 0. The summed E-state index contributed by atoms with van der Waals surface area (Å²) in [4.78, 5) is 12.6. The lowest BCUT2D eigenvalue weighted by Gasteiger charge is -2.15. The van der Waals surface area contributed by atoms with Gasteiger partial charge in [-0.1, -0.05) is 43.3 Å². The molecule has 1 N–H and O–H groups in total. The summed E-state index contributed by atoms with van der Waals surface area (Å²) in [6, 6.07) is 14.1. The largest absolute Gasteiger partial charge is 0.351 e. The number of hydrogen-bond acceptors (Lipinski definition) is 2. The van der Waals surface area contributed by atoms with Crippen molar-refractivity contribution in [1.82, 2.24) is 5.32 Å². The lowest BCUT2D eigenvalue weighted by Crippen LogP contribution is -2.27. The standard InChI is InChI=1S/C15H17NOS/c1-2-12(13-7-4-3-5-8-13)11-16-15(17)14-9-6-10-18-14/h3-10,12H,2,11H2,1H3,(H,16,17). The fourth-order valence-corrected chi connectivity index (χ4v) is 2.57. The molecule has 0 bridgehead atoms. The molecule has 1 heterocycles. The maximum Gasteiger partial charge on any atom is 0.261 e. The Bertz CT molecular complexity index is 478. The van der Waals surface area contributed by atoms with E-state index in [1.54, 1.807) is 0 Å². The Morgan fingerprint density at radius 2 is 2.00 bits per heavy atom. The van der Waals surface area contributed by atoms with Crippen LogP contribution in [-0.4, -0.2) is 12.5 Å². The number of thiophene rings is 1. The summed E-state index contributed by atoms with van der Waals surface area (Å²) in [5.74, 6) is 0.412. The molecule has 2 rings (SSSR count). The number of carbonyl (C=O) groups is 1. The van der Waals surface area contributed by atoms with E-state index in [4.69, 9.17) is 0 Å². The topological polar surface area (TPSA) is 29.1 Å². The molecule has 1 aromatic carbocycles. The Kier molecular flexibility index (Phi) is 4.53. The van der Waals surface area contributed by atoms with E-state index in [9.17, 15) is 4.79 Å². The van der Waals surface area contributed by atoms with Gasteiger partial charge in [-0.2, -0.15) is 0 Å². The van der Waals surface area contributed by atoms with Crippen LogP contribution in [0.3, 0.4) is 0 Å². The van der Waals surface area contributed by atoms with Gasteiger partial charge in [-0.25, -0.2) is 0 Å². The minimum Gasteiger partial charge on any atom is -0.351 e. The van der Waals surface area contributed by atoms with Crippen molar-refractivity contribution in [2.75, 3.05) is 6.54 Å². The van der Waals surface area contributed by atoms with Crippen molar-refractivity contribution in [2.45, 2.75) is 19.3 Å². The number of hydrogen-bond donors (Lipinski definition) is 1. The van der Waals surface area contributed by atoms with Crippen LogP contribution in [0.25, 0.3) is 0 Å². The lowest BCUT2D eigenvalue weighted by molar-refractivity contribution is 0.0955. The molecule has 0 aliphatic rings. The van der Waals surface area contributed by atoms with E-state index in [0.29, 0.717) is 12.5 Å². The second-order valence-corrected chi connectivity index (χ2v) is 5.15. The van der Waals surface area contributed by atoms with Gasteiger partial charge in [0.15, 0.2) is 0 Å². The fraction of sp³-hybridized carbons (Fsp3) is 0.267. The van der Waals surface area contributed by atoms with Gasteiger partial charge in [-0.05, 0) is 23.4 Å². The maximum absolute atomic E-state index is 11.9. The van der Waals surface area contributed by atoms with Crippen molar-refractivity contribution >= 4 is 17.2 Å². The predicted molar refractivity (Wildman–Crippen MR) is 76.1 cm³/mol. The van der Waals surface area contributed by atoms with Crippen molar-refractivity contribution < 1.29 is 4.79 Å². The van der Waals surface area contributed by atoms with Crippen LogP contribution in [0, 0.1) is 0 Å². The summed E-state index contributed by atoms with van der Waals surface area (Å²) in [5.41, 5.74) is 1.28. The highest BCUT2D eigenvalue weighted by molar-refractivity contribution is 7.12. The zero-order valence-electron chi connectivity index (χ0n) is 10.4. The highest BCUT2D eigenvalue weighted by atomic mass is 32.1. The van der Waals surface area contributed by atoms with E-state index in [1.165, 1.54) is 16.9 Å². The molecule has 2 aromatic rings. The lowest BCUT2D eigenvalue weighted by atomic mass is 9.96. The van der Waals surface area contributed by atoms with Crippen molar-refractivity contribution in [3.63, 3.8) is 0 Å². The van der Waals surface area contributed by atoms with Crippen molar-refractivity contribution in [3.05, 3.63) is 58.3 Å². The second kappa shape index (κ2) is 6.36. The van der Waals surface area contributed by atoms with Crippen LogP contribution in [0.4, 0.5) is 0 Å². The first-order chi connectivity index (χ1) is 8.81. The zero-order valence-corrected chi connectivity index (χ0v) is 11.2. The highest BCUT2D eigenvalue weighted by Crippen LogP contribution is 2.18. The predicted octanol–water partition coefficient (Wildman–Crippen LogP) is 3.67. The van der Waals surface area contributed by atoms with Crippen molar-refractivity contribution in [2.24, 2.45) is 0 Å². The molecule has 0 fully saturated rings. The molecule has 0 saturated carbocycles. The van der Waals surface area contributed by atoms with Crippen LogP contribution >= 0.6 is 11.3 Å². The first kappa shape index (κ1) is 12.8. The van der Waals surface area contributed by atoms with E-state index < -0.39 is 0 Å². The smallest absolute Gasteiger partial charge is 0.261 e. The average Bonchev–Trinajstić information content (AvgIpc) is 2.94. The molecule has 3 heteroatoms. The van der Waals surface area contributed by atoms with E-state index in [2.05, 4.69) is 24.4 Å². The molecule has 0 saturated heterocycles. The van der Waals surface area contributed by atoms with E-state index >= 15 is 0 Å². The van der Waals surface area contributed by atoms with Gasteiger partial charge in [0.25, 0.3) is 5.91 Å². The zero-order chi connectivity index (χ0) is 12.8. The van der Waals surface area contributed by atoms with Crippen molar-refractivity contribution in [1.29, 1.82) is 0 Å². The molecule has 18 heavy (non-hydrogen) atoms. The van der Waals surface area contributed by atoms with Gasteiger partial charge in [0.2, 0.25) is 0 Å².